The molecule has 0 atom stereocenters. The average Bonchev–Trinajstić information content (AvgIpc) is 2.03. The fourth-order valence-corrected chi connectivity index (χ4v) is 0.602. The van der Waals surface area contributed by atoms with Gasteiger partial charge < -0.3 is 5.73 Å². The number of hydrogen-bond donors (Lipinski definition) is 1. The smallest absolute Gasteiger partial charge is 0.126 e. The minimum absolute atomic E-state index is 0.468. The lowest BCUT2D eigenvalue weighted by Gasteiger charge is -1.96. The molecule has 0 aromatic heterocycles. The molecule has 3 heteroatoms. The molecule has 0 rings (SSSR count). The zero-order valence-electron chi connectivity index (χ0n) is 6.91. The first-order valence-corrected chi connectivity index (χ1v) is 3.27. The van der Waals surface area contributed by atoms with Crippen molar-refractivity contribution in [3.05, 3.63) is 23.9 Å². The van der Waals surface area contributed by atoms with E-state index in [1.807, 2.05) is 19.1 Å². The van der Waals surface area contributed by atoms with E-state index in [0.717, 1.165) is 5.57 Å². The third kappa shape index (κ3) is 3.35. The molecule has 0 unspecified atom stereocenters. The maximum atomic E-state index is 5.53. The number of amidine groups is 1. The van der Waals surface area contributed by atoms with Gasteiger partial charge in [-0.15, -0.1) is 0 Å². The van der Waals surface area contributed by atoms with Gasteiger partial charge in [0.15, 0.2) is 0 Å². The number of allylic oxidation sites excluding steroid dienone is 1. The second-order valence-corrected chi connectivity index (χ2v) is 1.88. The van der Waals surface area contributed by atoms with Crippen LogP contribution in [0.5, 0.6) is 0 Å². The van der Waals surface area contributed by atoms with Crippen LogP contribution >= 0.6 is 0 Å². The Morgan fingerprint density at radius 3 is 2.55 bits per heavy atom. The van der Waals surface area contributed by atoms with Crippen LogP contribution in [0.25, 0.3) is 0 Å². The first kappa shape index (κ1) is 9.62. The highest BCUT2D eigenvalue weighted by atomic mass is 14.8. The third-order valence-electron chi connectivity index (χ3n) is 1.11. The van der Waals surface area contributed by atoms with Gasteiger partial charge in [0.2, 0.25) is 0 Å². The Balaban J connectivity index is 4.61. The van der Waals surface area contributed by atoms with E-state index in [9.17, 15) is 0 Å². The van der Waals surface area contributed by atoms with E-state index >= 15 is 0 Å². The zero-order valence-corrected chi connectivity index (χ0v) is 6.91. The van der Waals surface area contributed by atoms with Gasteiger partial charge in [0.25, 0.3) is 0 Å². The topological polar surface area (TPSA) is 50.7 Å². The highest BCUT2D eigenvalue weighted by molar-refractivity contribution is 5.99. The minimum Gasteiger partial charge on any atom is -0.383 e. The molecule has 0 amide bonds. The minimum atomic E-state index is 0.468. The average molecular weight is 151 g/mol. The largest absolute Gasteiger partial charge is 0.383 e. The summed E-state index contributed by atoms with van der Waals surface area (Å²) in [5.74, 6) is 0.468. The quantitative estimate of drug-likeness (QED) is 0.367. The zero-order chi connectivity index (χ0) is 8.69. The summed E-state index contributed by atoms with van der Waals surface area (Å²) < 4.78 is 0. The number of rotatable bonds is 3. The van der Waals surface area contributed by atoms with Crippen molar-refractivity contribution in [2.45, 2.75) is 6.92 Å². The number of hydrogen-bond acceptors (Lipinski definition) is 2. The standard InChI is InChI=1S/C8H13N3/c1-4-5-7(6-10-2)8(9)11-3/h4-6H,2H2,1,3H3,(H2,9,11)/b5-4-,7-6+. The van der Waals surface area contributed by atoms with Crippen LogP contribution in [0.1, 0.15) is 6.92 Å². The lowest BCUT2D eigenvalue weighted by Crippen LogP contribution is -2.13. The van der Waals surface area contributed by atoms with Crippen LogP contribution < -0.4 is 5.73 Å². The van der Waals surface area contributed by atoms with Gasteiger partial charge >= 0.3 is 0 Å². The van der Waals surface area contributed by atoms with Crippen LogP contribution in [0.15, 0.2) is 33.9 Å². The van der Waals surface area contributed by atoms with E-state index in [1.165, 1.54) is 0 Å². The summed E-state index contributed by atoms with van der Waals surface area (Å²) in [7, 11) is 1.63. The molecule has 0 radical (unpaired) electrons. The molecule has 0 saturated heterocycles. The Bertz CT molecular complexity index is 211. The molecule has 0 aromatic carbocycles. The van der Waals surface area contributed by atoms with Crippen LogP contribution in [-0.4, -0.2) is 19.6 Å². The molecule has 0 aromatic rings. The lowest BCUT2D eigenvalue weighted by molar-refractivity contribution is 1.38. The number of nitrogens with zero attached hydrogens (tertiary/aromatic N) is 2. The van der Waals surface area contributed by atoms with Crippen molar-refractivity contribution < 1.29 is 0 Å². The van der Waals surface area contributed by atoms with Gasteiger partial charge in [-0.1, -0.05) is 12.2 Å². The molecule has 3 nitrogen and oxygen atoms in total. The molecule has 2 N–H and O–H groups in total. The van der Waals surface area contributed by atoms with Crippen molar-refractivity contribution in [3.63, 3.8) is 0 Å². The van der Waals surface area contributed by atoms with Crippen molar-refractivity contribution in [1.82, 2.24) is 0 Å². The van der Waals surface area contributed by atoms with Gasteiger partial charge in [0, 0.05) is 18.8 Å². The Hall–Kier alpha value is -1.38. The van der Waals surface area contributed by atoms with Crippen LogP contribution in [0, 0.1) is 0 Å². The van der Waals surface area contributed by atoms with E-state index < -0.39 is 0 Å². The molecular weight excluding hydrogens is 138 g/mol. The summed E-state index contributed by atoms with van der Waals surface area (Å²) in [6.07, 6.45) is 5.27. The van der Waals surface area contributed by atoms with Gasteiger partial charge in [0.1, 0.15) is 5.84 Å². The van der Waals surface area contributed by atoms with Gasteiger partial charge in [-0.05, 0) is 13.6 Å². The molecule has 0 bridgehead atoms. The normalized spacial score (nSPS) is 14.0. The van der Waals surface area contributed by atoms with E-state index in [0.29, 0.717) is 5.84 Å². The molecular formula is C8H13N3. The summed E-state index contributed by atoms with van der Waals surface area (Å²) in [6, 6.07) is 0. The Kier molecular flexibility index (Phi) is 4.73. The Morgan fingerprint density at radius 2 is 2.18 bits per heavy atom. The van der Waals surface area contributed by atoms with E-state index in [4.69, 9.17) is 5.73 Å². The van der Waals surface area contributed by atoms with Crippen molar-refractivity contribution in [2.75, 3.05) is 7.05 Å². The lowest BCUT2D eigenvalue weighted by atomic mass is 10.2. The van der Waals surface area contributed by atoms with Crippen LogP contribution in [0.2, 0.25) is 0 Å². The maximum absolute atomic E-state index is 5.53. The second kappa shape index (κ2) is 5.41. The summed E-state index contributed by atoms with van der Waals surface area (Å²) in [6.45, 7) is 5.23. The molecule has 0 saturated carbocycles. The Morgan fingerprint density at radius 1 is 1.55 bits per heavy atom. The highest BCUT2D eigenvalue weighted by Crippen LogP contribution is 1.96. The summed E-state index contributed by atoms with van der Waals surface area (Å²) in [4.78, 5) is 7.41. The SMILES string of the molecule is C=N/C=C(\C=C/C)C(N)=NC. The maximum Gasteiger partial charge on any atom is 0.126 e. The molecule has 0 aliphatic rings. The van der Waals surface area contributed by atoms with Crippen molar-refractivity contribution in [2.24, 2.45) is 15.7 Å². The first-order valence-electron chi connectivity index (χ1n) is 3.27. The van der Waals surface area contributed by atoms with E-state index in [-0.39, 0.29) is 0 Å². The molecule has 0 fully saturated rings. The van der Waals surface area contributed by atoms with Crippen LogP contribution in [-0.2, 0) is 0 Å². The van der Waals surface area contributed by atoms with Crippen LogP contribution in [0.4, 0.5) is 0 Å². The monoisotopic (exact) mass is 151 g/mol. The van der Waals surface area contributed by atoms with Crippen LogP contribution in [0.3, 0.4) is 0 Å². The van der Waals surface area contributed by atoms with E-state index in [2.05, 4.69) is 16.7 Å². The molecule has 0 spiro atoms. The predicted octanol–water partition coefficient (Wildman–Crippen LogP) is 1.13. The number of nitrogens with two attached hydrogens (primary N) is 1. The molecule has 0 aliphatic carbocycles. The number of aliphatic imine (C=N–C) groups is 2. The molecule has 60 valence electrons. The fraction of sp³-hybridized carbons (Fsp3) is 0.250. The third-order valence-corrected chi connectivity index (χ3v) is 1.11. The van der Waals surface area contributed by atoms with Gasteiger partial charge in [0.05, 0.1) is 0 Å². The van der Waals surface area contributed by atoms with Crippen molar-refractivity contribution in [1.29, 1.82) is 0 Å². The van der Waals surface area contributed by atoms with E-state index in [1.54, 1.807) is 13.2 Å². The van der Waals surface area contributed by atoms with Gasteiger partial charge in [-0.25, -0.2) is 0 Å². The first-order chi connectivity index (χ1) is 5.26. The molecule has 0 heterocycles. The fourth-order valence-electron chi connectivity index (χ4n) is 0.602. The summed E-state index contributed by atoms with van der Waals surface area (Å²) in [5.41, 5.74) is 6.31. The van der Waals surface area contributed by atoms with Gasteiger partial charge in [-0.2, -0.15) is 0 Å². The van der Waals surface area contributed by atoms with Crippen molar-refractivity contribution in [3.8, 4) is 0 Å². The van der Waals surface area contributed by atoms with Gasteiger partial charge in [-0.3, -0.25) is 9.98 Å². The second-order valence-electron chi connectivity index (χ2n) is 1.88. The highest BCUT2D eigenvalue weighted by Gasteiger charge is 1.94. The summed E-state index contributed by atoms with van der Waals surface area (Å²) in [5, 5.41) is 0. The summed E-state index contributed by atoms with van der Waals surface area (Å²) >= 11 is 0. The van der Waals surface area contributed by atoms with Crippen molar-refractivity contribution >= 4 is 12.6 Å². The molecule has 0 aliphatic heterocycles. The Labute approximate surface area is 67.0 Å². The molecule has 11 heavy (non-hydrogen) atoms. The predicted molar refractivity (Wildman–Crippen MR) is 50.0 cm³/mol.